The Kier molecular flexibility index (Phi) is 3.10. The lowest BCUT2D eigenvalue weighted by Crippen LogP contribution is -2.23. The van der Waals surface area contributed by atoms with Crippen LogP contribution in [0.4, 0.5) is 10.5 Å². The predicted molar refractivity (Wildman–Crippen MR) is 62.6 cm³/mol. The molecule has 0 aliphatic carbocycles. The van der Waals surface area contributed by atoms with Gasteiger partial charge in [0.1, 0.15) is 6.61 Å². The van der Waals surface area contributed by atoms with Crippen LogP contribution in [0.3, 0.4) is 0 Å². The molecule has 0 saturated carbocycles. The molecule has 1 saturated heterocycles. The number of hydrogen-bond donors (Lipinski definition) is 1. The average Bonchev–Trinajstić information content (AvgIpc) is 2.74. The van der Waals surface area contributed by atoms with E-state index in [0.29, 0.717) is 13.2 Å². The van der Waals surface area contributed by atoms with Gasteiger partial charge in [-0.15, -0.1) is 0 Å². The highest BCUT2D eigenvalue weighted by atomic mass is 16.6. The molecule has 0 radical (unpaired) electrons. The molecule has 1 N–H and O–H groups in total. The molecule has 1 heterocycles. The highest BCUT2D eigenvalue weighted by Gasteiger charge is 2.23. The number of rotatable bonds is 3. The summed E-state index contributed by atoms with van der Waals surface area (Å²) in [7, 11) is 1.92. The van der Waals surface area contributed by atoms with E-state index in [4.69, 9.17) is 4.74 Å². The standard InChI is InChI=1S/C12H16N2O2/c1-9(13-2)10-4-3-5-11(8-10)14-6-7-16-12(14)15/h3-5,8-9,13H,6-7H2,1-2H3. The maximum atomic E-state index is 11.4. The molecule has 1 aliphatic rings. The van der Waals surface area contributed by atoms with Crippen molar-refractivity contribution in [1.82, 2.24) is 5.32 Å². The summed E-state index contributed by atoms with van der Waals surface area (Å²) in [6, 6.07) is 8.24. The topological polar surface area (TPSA) is 41.6 Å². The second-order valence-corrected chi connectivity index (χ2v) is 3.87. The molecule has 86 valence electrons. The molecule has 4 nitrogen and oxygen atoms in total. The zero-order valence-corrected chi connectivity index (χ0v) is 9.56. The number of ether oxygens (including phenoxy) is 1. The van der Waals surface area contributed by atoms with Gasteiger partial charge in [-0.3, -0.25) is 4.90 Å². The molecular weight excluding hydrogens is 204 g/mol. The Morgan fingerprint density at radius 2 is 2.31 bits per heavy atom. The van der Waals surface area contributed by atoms with E-state index in [1.165, 1.54) is 5.56 Å². The number of cyclic esters (lactones) is 1. The highest BCUT2D eigenvalue weighted by molar-refractivity contribution is 5.89. The summed E-state index contributed by atoms with van der Waals surface area (Å²) in [6.07, 6.45) is -0.255. The van der Waals surface area contributed by atoms with E-state index >= 15 is 0 Å². The molecule has 1 fully saturated rings. The maximum absolute atomic E-state index is 11.4. The van der Waals surface area contributed by atoms with Crippen molar-refractivity contribution >= 4 is 11.8 Å². The largest absolute Gasteiger partial charge is 0.447 e. The fourth-order valence-electron chi connectivity index (χ4n) is 1.76. The van der Waals surface area contributed by atoms with Crippen LogP contribution in [0.1, 0.15) is 18.5 Å². The lowest BCUT2D eigenvalue weighted by molar-refractivity contribution is 0.181. The fourth-order valence-corrected chi connectivity index (χ4v) is 1.76. The van der Waals surface area contributed by atoms with Crippen molar-refractivity contribution in [2.75, 3.05) is 25.1 Å². The van der Waals surface area contributed by atoms with Crippen molar-refractivity contribution in [2.24, 2.45) is 0 Å². The molecule has 1 aromatic rings. The van der Waals surface area contributed by atoms with Gasteiger partial charge in [-0.1, -0.05) is 12.1 Å². The van der Waals surface area contributed by atoms with Crippen molar-refractivity contribution in [3.05, 3.63) is 29.8 Å². The van der Waals surface area contributed by atoms with Gasteiger partial charge in [-0.2, -0.15) is 0 Å². The van der Waals surface area contributed by atoms with Gasteiger partial charge in [-0.05, 0) is 31.7 Å². The van der Waals surface area contributed by atoms with E-state index in [0.717, 1.165) is 5.69 Å². The Balaban J connectivity index is 2.25. The number of nitrogens with zero attached hydrogens (tertiary/aromatic N) is 1. The minimum Gasteiger partial charge on any atom is -0.447 e. The summed E-state index contributed by atoms with van der Waals surface area (Å²) in [5, 5.41) is 3.18. The Morgan fingerprint density at radius 3 is 2.94 bits per heavy atom. The first-order chi connectivity index (χ1) is 7.72. The quantitative estimate of drug-likeness (QED) is 0.846. The average molecular weight is 220 g/mol. The van der Waals surface area contributed by atoms with Crippen molar-refractivity contribution in [1.29, 1.82) is 0 Å². The molecule has 0 aromatic heterocycles. The number of anilines is 1. The minimum absolute atomic E-state index is 0.255. The molecule has 1 atom stereocenters. The number of carbonyl (C=O) groups is 1. The van der Waals surface area contributed by atoms with Gasteiger partial charge in [0.05, 0.1) is 6.54 Å². The summed E-state index contributed by atoms with van der Waals surface area (Å²) >= 11 is 0. The van der Waals surface area contributed by atoms with E-state index in [1.807, 2.05) is 31.3 Å². The number of hydrogen-bond acceptors (Lipinski definition) is 3. The van der Waals surface area contributed by atoms with E-state index in [-0.39, 0.29) is 12.1 Å². The van der Waals surface area contributed by atoms with Crippen molar-refractivity contribution < 1.29 is 9.53 Å². The summed E-state index contributed by atoms with van der Waals surface area (Å²) in [4.78, 5) is 13.1. The fraction of sp³-hybridized carbons (Fsp3) is 0.417. The van der Waals surface area contributed by atoms with Crippen LogP contribution in [0.5, 0.6) is 0 Å². The number of amides is 1. The van der Waals surface area contributed by atoms with Crippen LogP contribution < -0.4 is 10.2 Å². The van der Waals surface area contributed by atoms with Crippen LogP contribution in [0.2, 0.25) is 0 Å². The normalized spacial score (nSPS) is 17.4. The van der Waals surface area contributed by atoms with E-state index in [9.17, 15) is 4.79 Å². The Labute approximate surface area is 95.2 Å². The number of nitrogens with one attached hydrogen (secondary N) is 1. The number of benzene rings is 1. The van der Waals surface area contributed by atoms with Gasteiger partial charge in [0.2, 0.25) is 0 Å². The Hall–Kier alpha value is -1.55. The summed E-state index contributed by atoms with van der Waals surface area (Å²) < 4.78 is 4.92. The van der Waals surface area contributed by atoms with Crippen LogP contribution in [0.25, 0.3) is 0 Å². The predicted octanol–water partition coefficient (Wildman–Crippen LogP) is 1.92. The Bertz CT molecular complexity index is 392. The molecule has 1 aromatic carbocycles. The molecule has 2 rings (SSSR count). The maximum Gasteiger partial charge on any atom is 0.414 e. The van der Waals surface area contributed by atoms with Gasteiger partial charge in [-0.25, -0.2) is 4.79 Å². The lowest BCUT2D eigenvalue weighted by atomic mass is 10.1. The van der Waals surface area contributed by atoms with Crippen LogP contribution in [0.15, 0.2) is 24.3 Å². The first kappa shape index (κ1) is 11.0. The minimum atomic E-state index is -0.255. The monoisotopic (exact) mass is 220 g/mol. The van der Waals surface area contributed by atoms with Gasteiger partial charge in [0.25, 0.3) is 0 Å². The van der Waals surface area contributed by atoms with Crippen LogP contribution in [-0.2, 0) is 4.74 Å². The van der Waals surface area contributed by atoms with Crippen LogP contribution >= 0.6 is 0 Å². The third-order valence-electron chi connectivity index (χ3n) is 2.88. The van der Waals surface area contributed by atoms with Crippen molar-refractivity contribution in [3.63, 3.8) is 0 Å². The molecule has 0 spiro atoms. The van der Waals surface area contributed by atoms with E-state index in [1.54, 1.807) is 4.90 Å². The zero-order valence-electron chi connectivity index (χ0n) is 9.56. The Morgan fingerprint density at radius 1 is 1.50 bits per heavy atom. The lowest BCUT2D eigenvalue weighted by Gasteiger charge is -2.16. The van der Waals surface area contributed by atoms with Gasteiger partial charge in [0, 0.05) is 11.7 Å². The molecular formula is C12H16N2O2. The van der Waals surface area contributed by atoms with Crippen molar-refractivity contribution in [3.8, 4) is 0 Å². The molecule has 16 heavy (non-hydrogen) atoms. The summed E-state index contributed by atoms with van der Waals surface area (Å²) in [5.41, 5.74) is 2.07. The van der Waals surface area contributed by atoms with E-state index < -0.39 is 0 Å². The highest BCUT2D eigenvalue weighted by Crippen LogP contribution is 2.22. The second-order valence-electron chi connectivity index (χ2n) is 3.87. The van der Waals surface area contributed by atoms with Gasteiger partial charge < -0.3 is 10.1 Å². The van der Waals surface area contributed by atoms with E-state index in [2.05, 4.69) is 12.2 Å². The molecule has 4 heteroatoms. The SMILES string of the molecule is CNC(C)c1cccc(N2CCOC2=O)c1. The van der Waals surface area contributed by atoms with Gasteiger partial charge >= 0.3 is 6.09 Å². The van der Waals surface area contributed by atoms with Gasteiger partial charge in [0.15, 0.2) is 0 Å². The molecule has 1 amide bonds. The van der Waals surface area contributed by atoms with Crippen LogP contribution in [0, 0.1) is 0 Å². The van der Waals surface area contributed by atoms with Crippen LogP contribution in [-0.4, -0.2) is 26.3 Å². The number of carbonyl (C=O) groups excluding carboxylic acids is 1. The first-order valence-corrected chi connectivity index (χ1v) is 5.44. The zero-order chi connectivity index (χ0) is 11.5. The molecule has 0 bridgehead atoms. The summed E-state index contributed by atoms with van der Waals surface area (Å²) in [6.45, 7) is 3.20. The summed E-state index contributed by atoms with van der Waals surface area (Å²) in [5.74, 6) is 0. The van der Waals surface area contributed by atoms with Crippen molar-refractivity contribution in [2.45, 2.75) is 13.0 Å². The third-order valence-corrected chi connectivity index (χ3v) is 2.88. The molecule has 1 unspecified atom stereocenters. The first-order valence-electron chi connectivity index (χ1n) is 5.44. The second kappa shape index (κ2) is 4.53. The third kappa shape index (κ3) is 2.02. The smallest absolute Gasteiger partial charge is 0.414 e. The molecule has 1 aliphatic heterocycles.